The van der Waals surface area contributed by atoms with Crippen LogP contribution in [-0.2, 0) is 0 Å². The molecule has 0 atom stereocenters. The van der Waals surface area contributed by atoms with Crippen LogP contribution in [-0.4, -0.2) is 29.9 Å². The molecule has 6 aromatic rings. The van der Waals surface area contributed by atoms with Gasteiger partial charge in [0.1, 0.15) is 12.2 Å². The van der Waals surface area contributed by atoms with E-state index in [0.717, 1.165) is 17.2 Å². The van der Waals surface area contributed by atoms with Gasteiger partial charge in [-0.1, -0.05) is 98.8 Å². The van der Waals surface area contributed by atoms with Gasteiger partial charge in [0.05, 0.1) is 0 Å². The molecular formula is C38H50N6. The summed E-state index contributed by atoms with van der Waals surface area (Å²) in [5, 5.41) is 0. The molecule has 6 nitrogen and oxygen atoms in total. The van der Waals surface area contributed by atoms with Crippen molar-refractivity contribution in [1.29, 1.82) is 0 Å². The average molecular weight is 591 g/mol. The highest BCUT2D eigenvalue weighted by atomic mass is 14.8. The average Bonchev–Trinajstić information content (AvgIpc) is 3.01. The van der Waals surface area contributed by atoms with Crippen molar-refractivity contribution in [1.82, 2.24) is 29.9 Å². The third-order valence-electron chi connectivity index (χ3n) is 4.93. The largest absolute Gasteiger partial charge is 0.264 e. The smallest absolute Gasteiger partial charge is 0.125 e. The summed E-state index contributed by atoms with van der Waals surface area (Å²) in [6.07, 6.45) is 12.1. The van der Waals surface area contributed by atoms with Crippen LogP contribution < -0.4 is 0 Å². The van der Waals surface area contributed by atoms with E-state index in [1.165, 1.54) is 23.0 Å². The number of nitrogens with zero attached hydrogens (tertiary/aromatic N) is 6. The first-order valence-corrected chi connectivity index (χ1v) is 13.6. The summed E-state index contributed by atoms with van der Waals surface area (Å²) in [7, 11) is 0. The van der Waals surface area contributed by atoms with Crippen LogP contribution in [0.25, 0.3) is 0 Å². The number of aryl methyl sites for hydroxylation is 6. The van der Waals surface area contributed by atoms with Gasteiger partial charge in [0.15, 0.2) is 0 Å². The van der Waals surface area contributed by atoms with Crippen LogP contribution in [0.15, 0.2) is 147 Å². The molecule has 0 bridgehead atoms. The van der Waals surface area contributed by atoms with E-state index in [0.29, 0.717) is 0 Å². The number of hydrogen-bond donors (Lipinski definition) is 0. The molecule has 0 amide bonds. The first-order chi connectivity index (χ1) is 20.4. The first-order valence-electron chi connectivity index (χ1n) is 13.6. The molecule has 232 valence electrons. The molecule has 0 N–H and O–H groups in total. The van der Waals surface area contributed by atoms with Gasteiger partial charge in [-0.05, 0) is 77.4 Å². The summed E-state index contributed by atoms with van der Waals surface area (Å²) in [6, 6.07) is 34.0. The van der Waals surface area contributed by atoms with Crippen molar-refractivity contribution in [2.45, 2.75) is 56.4 Å². The number of rotatable bonds is 0. The predicted molar refractivity (Wildman–Crippen MR) is 187 cm³/mol. The summed E-state index contributed by atoms with van der Waals surface area (Å²) < 4.78 is 0. The van der Waals surface area contributed by atoms with Gasteiger partial charge in [0.25, 0.3) is 0 Å². The van der Waals surface area contributed by atoms with Crippen LogP contribution in [0.5, 0.6) is 0 Å². The zero-order chi connectivity index (χ0) is 30.7. The highest BCUT2D eigenvalue weighted by molar-refractivity contribution is 5.12. The maximum Gasteiger partial charge on any atom is 0.125 e. The number of benzene rings is 2. The van der Waals surface area contributed by atoms with E-state index in [4.69, 9.17) is 0 Å². The molecule has 0 unspecified atom stereocenters. The second kappa shape index (κ2) is 28.0. The van der Waals surface area contributed by atoms with Crippen molar-refractivity contribution in [3.05, 3.63) is 181 Å². The predicted octanol–water partition coefficient (Wildman–Crippen LogP) is 9.61. The Labute approximate surface area is 266 Å². The van der Waals surface area contributed by atoms with Crippen molar-refractivity contribution in [3.8, 4) is 0 Å². The Morgan fingerprint density at radius 2 is 0.864 bits per heavy atom. The number of pyridine rings is 2. The molecule has 0 spiro atoms. The lowest BCUT2D eigenvalue weighted by Gasteiger charge is -1.82. The van der Waals surface area contributed by atoms with Gasteiger partial charge in [-0.2, -0.15) is 0 Å². The van der Waals surface area contributed by atoms with Gasteiger partial charge < -0.3 is 0 Å². The second-order valence-corrected chi connectivity index (χ2v) is 8.96. The maximum atomic E-state index is 3.98. The summed E-state index contributed by atoms with van der Waals surface area (Å²) in [6.45, 7) is 12.0. The van der Waals surface area contributed by atoms with Gasteiger partial charge in [0, 0.05) is 48.6 Å². The van der Waals surface area contributed by atoms with Crippen LogP contribution in [0.2, 0.25) is 0 Å². The summed E-state index contributed by atoms with van der Waals surface area (Å²) in [5.74, 6) is 0.822. The Morgan fingerprint density at radius 1 is 0.364 bits per heavy atom. The number of aromatic nitrogens is 6. The lowest BCUT2D eigenvalue weighted by atomic mass is 10.2. The molecule has 0 saturated carbocycles. The molecule has 2 aromatic carbocycles. The summed E-state index contributed by atoms with van der Waals surface area (Å²) in [4.78, 5) is 23.2. The third kappa shape index (κ3) is 25.8. The molecule has 6 rings (SSSR count). The standard InChI is InChI=1S/2C7H8.2C6H7N.2C5H6N2.2CH4/c2*1-7-5-3-2-4-6-7;1-6-3-2-4-7-5-6;1-6-4-2-3-5-7-6;1-5-2-3-6-4-7-5;1-5-6-3-2-4-7-5;;/h2*2-6H,1H3;2*2-5H,1H3;2*2-4H,1H3;2*1H4. The van der Waals surface area contributed by atoms with Gasteiger partial charge in [-0.15, -0.1) is 0 Å². The Hall–Kier alpha value is -5.10. The lowest BCUT2D eigenvalue weighted by Crippen LogP contribution is -1.80. The van der Waals surface area contributed by atoms with Gasteiger partial charge in [-0.3, -0.25) is 9.97 Å². The fourth-order valence-corrected chi connectivity index (χ4v) is 2.70. The van der Waals surface area contributed by atoms with Gasteiger partial charge in [-0.25, -0.2) is 19.9 Å². The minimum atomic E-state index is 0. The fourth-order valence-electron chi connectivity index (χ4n) is 2.70. The van der Waals surface area contributed by atoms with Crippen LogP contribution in [0.1, 0.15) is 48.8 Å². The molecule has 4 heterocycles. The van der Waals surface area contributed by atoms with Crippen molar-refractivity contribution in [3.63, 3.8) is 0 Å². The van der Waals surface area contributed by atoms with E-state index in [-0.39, 0.29) is 14.9 Å². The zero-order valence-electron chi connectivity index (χ0n) is 25.5. The van der Waals surface area contributed by atoms with E-state index >= 15 is 0 Å². The first kappa shape index (κ1) is 41.0. The molecule has 0 saturated heterocycles. The molecule has 0 radical (unpaired) electrons. The van der Waals surface area contributed by atoms with E-state index in [1.54, 1.807) is 37.1 Å². The monoisotopic (exact) mass is 590 g/mol. The van der Waals surface area contributed by atoms with E-state index in [9.17, 15) is 0 Å². The molecular weight excluding hydrogens is 540 g/mol. The Balaban J connectivity index is 0. The highest BCUT2D eigenvalue weighted by Gasteiger charge is 1.76. The minimum Gasteiger partial charge on any atom is -0.264 e. The normalized spacial score (nSPS) is 8.32. The fraction of sp³-hybridized carbons (Fsp3) is 0.211. The van der Waals surface area contributed by atoms with Crippen molar-refractivity contribution >= 4 is 0 Å². The minimum absolute atomic E-state index is 0. The Bertz CT molecular complexity index is 1100. The molecule has 6 heteroatoms. The Morgan fingerprint density at radius 3 is 1.09 bits per heavy atom. The van der Waals surface area contributed by atoms with Gasteiger partial charge >= 0.3 is 0 Å². The molecule has 0 aliphatic heterocycles. The Kier molecular flexibility index (Phi) is 26.2. The van der Waals surface area contributed by atoms with Crippen molar-refractivity contribution in [2.24, 2.45) is 0 Å². The maximum absolute atomic E-state index is 3.98. The van der Waals surface area contributed by atoms with Crippen LogP contribution >= 0.6 is 0 Å². The van der Waals surface area contributed by atoms with E-state index in [1.807, 2.05) is 107 Å². The molecule has 0 aliphatic carbocycles. The topological polar surface area (TPSA) is 77.3 Å². The van der Waals surface area contributed by atoms with Crippen LogP contribution in [0.3, 0.4) is 0 Å². The second-order valence-electron chi connectivity index (χ2n) is 8.96. The van der Waals surface area contributed by atoms with Gasteiger partial charge in [0.2, 0.25) is 0 Å². The molecule has 0 fully saturated rings. The summed E-state index contributed by atoms with van der Waals surface area (Å²) >= 11 is 0. The van der Waals surface area contributed by atoms with Crippen LogP contribution in [0.4, 0.5) is 0 Å². The zero-order valence-corrected chi connectivity index (χ0v) is 25.5. The SMILES string of the molecule is C.C.Cc1ccccc1.Cc1ccccc1.Cc1ccccn1.Cc1cccnc1.Cc1ccncn1.Cc1ncccn1. The van der Waals surface area contributed by atoms with E-state index < -0.39 is 0 Å². The highest BCUT2D eigenvalue weighted by Crippen LogP contribution is 1.93. The molecule has 44 heavy (non-hydrogen) atoms. The molecule has 4 aromatic heterocycles. The quantitative estimate of drug-likeness (QED) is 0.175. The molecule has 0 aliphatic rings. The van der Waals surface area contributed by atoms with E-state index in [2.05, 4.69) is 68.0 Å². The van der Waals surface area contributed by atoms with Crippen molar-refractivity contribution < 1.29 is 0 Å². The summed E-state index contributed by atoms with van der Waals surface area (Å²) in [5.41, 5.74) is 5.94. The van der Waals surface area contributed by atoms with Crippen molar-refractivity contribution in [2.75, 3.05) is 0 Å². The number of hydrogen-bond acceptors (Lipinski definition) is 6. The van der Waals surface area contributed by atoms with Crippen LogP contribution in [0, 0.1) is 41.5 Å². The lowest BCUT2D eigenvalue weighted by molar-refractivity contribution is 1.05. The third-order valence-corrected chi connectivity index (χ3v) is 4.93.